The Kier molecular flexibility index (Phi) is 5.04. The van der Waals surface area contributed by atoms with E-state index in [2.05, 4.69) is 35.2 Å². The third-order valence-electron chi connectivity index (χ3n) is 3.43. The van der Waals surface area contributed by atoms with Gasteiger partial charge in [0.2, 0.25) is 0 Å². The summed E-state index contributed by atoms with van der Waals surface area (Å²) in [5, 5.41) is 8.77. The molecule has 3 nitrogen and oxygen atoms in total. The van der Waals surface area contributed by atoms with Crippen molar-refractivity contribution in [3.63, 3.8) is 0 Å². The Labute approximate surface area is 109 Å². The second-order valence-corrected chi connectivity index (χ2v) is 4.75. The lowest BCUT2D eigenvalue weighted by atomic mass is 9.99. The number of para-hydroxylation sites is 1. The number of rotatable bonds is 5. The number of nitriles is 1. The zero-order chi connectivity index (χ0) is 12.6. The second kappa shape index (κ2) is 7.03. The van der Waals surface area contributed by atoms with Gasteiger partial charge in [-0.2, -0.15) is 5.26 Å². The minimum Gasteiger partial charge on any atom is -0.381 e. The molecule has 0 amide bonds. The molecule has 0 N–H and O–H groups in total. The topological polar surface area (TPSA) is 36.3 Å². The third kappa shape index (κ3) is 3.75. The van der Waals surface area contributed by atoms with Crippen molar-refractivity contribution in [3.05, 3.63) is 30.3 Å². The van der Waals surface area contributed by atoms with E-state index in [1.807, 2.05) is 6.07 Å². The lowest BCUT2D eigenvalue weighted by Crippen LogP contribution is -2.33. The fraction of sp³-hybridized carbons (Fsp3) is 0.533. The maximum atomic E-state index is 8.77. The summed E-state index contributed by atoms with van der Waals surface area (Å²) in [6.07, 6.45) is 2.85. The number of nitrogens with zero attached hydrogens (tertiary/aromatic N) is 2. The molecule has 2 rings (SSSR count). The van der Waals surface area contributed by atoms with E-state index in [0.717, 1.165) is 39.1 Å². The highest BCUT2D eigenvalue weighted by molar-refractivity contribution is 5.46. The van der Waals surface area contributed by atoms with Crippen LogP contribution >= 0.6 is 0 Å². The number of hydrogen-bond acceptors (Lipinski definition) is 3. The molecule has 0 radical (unpaired) electrons. The van der Waals surface area contributed by atoms with Crippen LogP contribution in [0.15, 0.2) is 30.3 Å². The Morgan fingerprint density at radius 3 is 2.61 bits per heavy atom. The molecule has 0 aromatic heterocycles. The Balaban J connectivity index is 1.98. The van der Waals surface area contributed by atoms with Crippen molar-refractivity contribution in [1.82, 2.24) is 0 Å². The molecule has 0 saturated carbocycles. The van der Waals surface area contributed by atoms with Crippen molar-refractivity contribution in [2.45, 2.75) is 19.3 Å². The van der Waals surface area contributed by atoms with E-state index in [1.54, 1.807) is 0 Å². The maximum absolute atomic E-state index is 8.77. The Morgan fingerprint density at radius 1 is 1.22 bits per heavy atom. The Bertz CT molecular complexity index is 379. The minimum absolute atomic E-state index is 0.581. The van der Waals surface area contributed by atoms with Crippen molar-refractivity contribution in [3.8, 4) is 6.07 Å². The monoisotopic (exact) mass is 244 g/mol. The quantitative estimate of drug-likeness (QED) is 0.799. The fourth-order valence-corrected chi connectivity index (χ4v) is 2.39. The lowest BCUT2D eigenvalue weighted by Gasteiger charge is -2.31. The molecule has 0 unspecified atom stereocenters. The van der Waals surface area contributed by atoms with Crippen molar-refractivity contribution in [2.75, 3.05) is 31.2 Å². The average molecular weight is 244 g/mol. The Hall–Kier alpha value is -1.53. The molecule has 1 fully saturated rings. The van der Waals surface area contributed by atoms with Gasteiger partial charge < -0.3 is 9.64 Å². The molecular weight excluding hydrogens is 224 g/mol. The first-order valence-corrected chi connectivity index (χ1v) is 6.65. The smallest absolute Gasteiger partial charge is 0.0640 e. The molecule has 3 heteroatoms. The van der Waals surface area contributed by atoms with E-state index in [0.29, 0.717) is 12.3 Å². The molecular formula is C15H20N2O. The average Bonchev–Trinajstić information content (AvgIpc) is 2.45. The van der Waals surface area contributed by atoms with E-state index >= 15 is 0 Å². The van der Waals surface area contributed by atoms with Gasteiger partial charge in [-0.05, 0) is 30.9 Å². The molecule has 1 aliphatic rings. The van der Waals surface area contributed by atoms with E-state index in [-0.39, 0.29) is 0 Å². The molecule has 18 heavy (non-hydrogen) atoms. The Morgan fingerprint density at radius 2 is 1.94 bits per heavy atom. The molecule has 1 aliphatic heterocycles. The van der Waals surface area contributed by atoms with Gasteiger partial charge >= 0.3 is 0 Å². The summed E-state index contributed by atoms with van der Waals surface area (Å²) in [5.41, 5.74) is 1.22. The maximum Gasteiger partial charge on any atom is 0.0640 e. The van der Waals surface area contributed by atoms with E-state index < -0.39 is 0 Å². The van der Waals surface area contributed by atoms with Crippen molar-refractivity contribution >= 4 is 5.69 Å². The fourth-order valence-electron chi connectivity index (χ4n) is 2.39. The van der Waals surface area contributed by atoms with E-state index in [1.165, 1.54) is 5.69 Å². The van der Waals surface area contributed by atoms with Crippen molar-refractivity contribution < 1.29 is 4.74 Å². The molecule has 1 saturated heterocycles. The number of anilines is 1. The molecule has 0 spiro atoms. The van der Waals surface area contributed by atoms with Gasteiger partial charge in [-0.1, -0.05) is 18.2 Å². The van der Waals surface area contributed by atoms with Gasteiger partial charge in [0.25, 0.3) is 0 Å². The third-order valence-corrected chi connectivity index (χ3v) is 3.43. The molecule has 1 aromatic carbocycles. The van der Waals surface area contributed by atoms with Crippen LogP contribution in [0.25, 0.3) is 0 Å². The van der Waals surface area contributed by atoms with Gasteiger partial charge in [0.15, 0.2) is 0 Å². The zero-order valence-electron chi connectivity index (χ0n) is 10.7. The van der Waals surface area contributed by atoms with Crippen LogP contribution in [-0.4, -0.2) is 26.3 Å². The zero-order valence-corrected chi connectivity index (χ0v) is 10.7. The normalized spacial score (nSPS) is 16.2. The van der Waals surface area contributed by atoms with Crippen LogP contribution in [0.4, 0.5) is 5.69 Å². The van der Waals surface area contributed by atoms with Crippen LogP contribution in [0.2, 0.25) is 0 Å². The highest BCUT2D eigenvalue weighted by atomic mass is 16.5. The van der Waals surface area contributed by atoms with Crippen molar-refractivity contribution in [2.24, 2.45) is 5.92 Å². The van der Waals surface area contributed by atoms with Crippen LogP contribution in [0, 0.1) is 17.2 Å². The second-order valence-electron chi connectivity index (χ2n) is 4.75. The molecule has 1 aromatic rings. The highest BCUT2D eigenvalue weighted by Gasteiger charge is 2.17. The van der Waals surface area contributed by atoms with Gasteiger partial charge in [-0.3, -0.25) is 0 Å². The summed E-state index contributed by atoms with van der Waals surface area (Å²) < 4.78 is 5.40. The first kappa shape index (κ1) is 12.9. The van der Waals surface area contributed by atoms with Gasteiger partial charge in [0.1, 0.15) is 0 Å². The summed E-state index contributed by atoms with van der Waals surface area (Å²) in [6.45, 7) is 3.62. The molecule has 96 valence electrons. The molecule has 0 atom stereocenters. The SMILES string of the molecule is N#CCCN(CC1CCOCC1)c1ccccc1. The van der Waals surface area contributed by atoms with Crippen LogP contribution in [0.3, 0.4) is 0 Å². The minimum atomic E-state index is 0.581. The van der Waals surface area contributed by atoms with Gasteiger partial charge in [-0.15, -0.1) is 0 Å². The summed E-state index contributed by atoms with van der Waals surface area (Å²) in [7, 11) is 0. The van der Waals surface area contributed by atoms with E-state index in [9.17, 15) is 0 Å². The number of benzene rings is 1. The molecule has 1 heterocycles. The summed E-state index contributed by atoms with van der Waals surface area (Å²) in [6, 6.07) is 12.6. The highest BCUT2D eigenvalue weighted by Crippen LogP contribution is 2.21. The first-order valence-electron chi connectivity index (χ1n) is 6.65. The lowest BCUT2D eigenvalue weighted by molar-refractivity contribution is 0.0682. The summed E-state index contributed by atoms with van der Waals surface area (Å²) in [4.78, 5) is 2.33. The number of hydrogen-bond donors (Lipinski definition) is 0. The predicted octanol–water partition coefficient (Wildman–Crippen LogP) is 2.83. The van der Waals surface area contributed by atoms with Gasteiger partial charge in [0.05, 0.1) is 12.5 Å². The van der Waals surface area contributed by atoms with Crippen LogP contribution < -0.4 is 4.90 Å². The first-order chi connectivity index (χ1) is 8.90. The van der Waals surface area contributed by atoms with Crippen LogP contribution in [0.5, 0.6) is 0 Å². The molecule has 0 bridgehead atoms. The summed E-state index contributed by atoms with van der Waals surface area (Å²) >= 11 is 0. The van der Waals surface area contributed by atoms with Gasteiger partial charge in [0, 0.05) is 32.0 Å². The van der Waals surface area contributed by atoms with E-state index in [4.69, 9.17) is 10.00 Å². The standard InChI is InChI=1S/C15H20N2O/c16-9-4-10-17(15-5-2-1-3-6-15)13-14-7-11-18-12-8-14/h1-3,5-6,14H,4,7-8,10-13H2. The van der Waals surface area contributed by atoms with Crippen molar-refractivity contribution in [1.29, 1.82) is 5.26 Å². The van der Waals surface area contributed by atoms with Crippen LogP contribution in [-0.2, 0) is 4.74 Å². The van der Waals surface area contributed by atoms with Crippen LogP contribution in [0.1, 0.15) is 19.3 Å². The molecule has 0 aliphatic carbocycles. The summed E-state index contributed by atoms with van der Waals surface area (Å²) in [5.74, 6) is 0.692. The number of ether oxygens (including phenoxy) is 1. The van der Waals surface area contributed by atoms with Gasteiger partial charge in [-0.25, -0.2) is 0 Å². The largest absolute Gasteiger partial charge is 0.381 e. The predicted molar refractivity (Wildman–Crippen MR) is 72.4 cm³/mol.